The van der Waals surface area contributed by atoms with Crippen molar-refractivity contribution in [3.05, 3.63) is 0 Å². The summed E-state index contributed by atoms with van der Waals surface area (Å²) in [4.78, 5) is 0. The lowest BCUT2D eigenvalue weighted by Crippen LogP contribution is -2.24. The van der Waals surface area contributed by atoms with Crippen molar-refractivity contribution in [2.24, 2.45) is 17.3 Å². The highest BCUT2D eigenvalue weighted by Gasteiger charge is 2.61. The highest BCUT2D eigenvalue weighted by atomic mass is 14.9. The first-order chi connectivity index (χ1) is 4.66. The Balaban J connectivity index is 1.96. The first-order valence-electron chi connectivity index (χ1n) is 4.33. The molecule has 1 N–H and O–H groups in total. The molecule has 2 rings (SSSR count). The molecule has 1 heteroatoms. The number of rotatable bonds is 1. The van der Waals surface area contributed by atoms with Crippen LogP contribution >= 0.6 is 0 Å². The average Bonchev–Trinajstić information content (AvgIpc) is 2.37. The van der Waals surface area contributed by atoms with Gasteiger partial charge in [0.2, 0.25) is 0 Å². The number of fused-ring (bicyclic) bond motifs is 1. The van der Waals surface area contributed by atoms with Crippen molar-refractivity contribution in [3.63, 3.8) is 0 Å². The zero-order chi connectivity index (χ0) is 7.35. The summed E-state index contributed by atoms with van der Waals surface area (Å²) in [5.41, 5.74) is 0.702. The summed E-state index contributed by atoms with van der Waals surface area (Å²) in [7, 11) is 2.09. The largest absolute Gasteiger partial charge is 0.317 e. The van der Waals surface area contributed by atoms with E-state index in [0.29, 0.717) is 5.41 Å². The molecule has 2 aliphatic rings. The summed E-state index contributed by atoms with van der Waals surface area (Å²) < 4.78 is 0. The van der Waals surface area contributed by atoms with Gasteiger partial charge >= 0.3 is 0 Å². The van der Waals surface area contributed by atoms with Crippen LogP contribution in [-0.4, -0.2) is 13.1 Å². The van der Waals surface area contributed by atoms with Gasteiger partial charge < -0.3 is 5.32 Å². The quantitative estimate of drug-likeness (QED) is 0.582. The summed E-state index contributed by atoms with van der Waals surface area (Å²) in [6, 6.07) is 0.836. The van der Waals surface area contributed by atoms with Crippen molar-refractivity contribution >= 4 is 0 Å². The Morgan fingerprint density at radius 3 is 2.10 bits per heavy atom. The molecule has 0 aliphatic heterocycles. The molecule has 2 unspecified atom stereocenters. The van der Waals surface area contributed by atoms with E-state index in [1.165, 1.54) is 12.8 Å². The normalized spacial score (nSPS) is 48.9. The molecule has 0 heterocycles. The Hall–Kier alpha value is -0.0400. The Kier molecular flexibility index (Phi) is 1.17. The maximum Gasteiger partial charge on any atom is 0.00699 e. The van der Waals surface area contributed by atoms with Gasteiger partial charge in [-0.15, -0.1) is 0 Å². The second-order valence-corrected chi connectivity index (χ2v) is 4.49. The molecular weight excluding hydrogens is 122 g/mol. The van der Waals surface area contributed by atoms with Crippen molar-refractivity contribution < 1.29 is 0 Å². The van der Waals surface area contributed by atoms with Gasteiger partial charge in [0.25, 0.3) is 0 Å². The second-order valence-electron chi connectivity index (χ2n) is 4.49. The Labute approximate surface area is 63.2 Å². The summed E-state index contributed by atoms with van der Waals surface area (Å²) >= 11 is 0. The van der Waals surface area contributed by atoms with Crippen molar-refractivity contribution in [1.29, 1.82) is 0 Å². The van der Waals surface area contributed by atoms with Gasteiger partial charge in [0.15, 0.2) is 0 Å². The minimum Gasteiger partial charge on any atom is -0.317 e. The zero-order valence-electron chi connectivity index (χ0n) is 7.15. The van der Waals surface area contributed by atoms with Gasteiger partial charge in [-0.2, -0.15) is 0 Å². The summed E-state index contributed by atoms with van der Waals surface area (Å²) in [5.74, 6) is 2.09. The molecule has 10 heavy (non-hydrogen) atoms. The van der Waals surface area contributed by atoms with Crippen LogP contribution in [0.1, 0.15) is 26.7 Å². The molecule has 0 bridgehead atoms. The maximum atomic E-state index is 3.36. The Morgan fingerprint density at radius 2 is 1.70 bits per heavy atom. The van der Waals surface area contributed by atoms with E-state index in [9.17, 15) is 0 Å². The van der Waals surface area contributed by atoms with E-state index in [4.69, 9.17) is 0 Å². The van der Waals surface area contributed by atoms with Crippen LogP contribution in [0, 0.1) is 17.3 Å². The fourth-order valence-corrected chi connectivity index (χ4v) is 2.74. The van der Waals surface area contributed by atoms with E-state index in [-0.39, 0.29) is 0 Å². The van der Waals surface area contributed by atoms with Crippen LogP contribution in [0.5, 0.6) is 0 Å². The van der Waals surface area contributed by atoms with Crippen LogP contribution < -0.4 is 5.32 Å². The SMILES string of the molecule is CNC1CC2C(C1)C2(C)C. The molecular formula is C9H17N. The van der Waals surface area contributed by atoms with Crippen LogP contribution in [0.4, 0.5) is 0 Å². The summed E-state index contributed by atoms with van der Waals surface area (Å²) in [5, 5.41) is 3.36. The molecule has 2 aliphatic carbocycles. The molecule has 58 valence electrons. The molecule has 2 saturated carbocycles. The first kappa shape index (κ1) is 6.66. The fourth-order valence-electron chi connectivity index (χ4n) is 2.74. The van der Waals surface area contributed by atoms with Gasteiger partial charge in [-0.1, -0.05) is 13.8 Å². The summed E-state index contributed by atoms with van der Waals surface area (Å²) in [6.45, 7) is 4.82. The molecule has 0 aromatic rings. The summed E-state index contributed by atoms with van der Waals surface area (Å²) in [6.07, 6.45) is 2.85. The van der Waals surface area contributed by atoms with Crippen LogP contribution in [0.2, 0.25) is 0 Å². The third-order valence-corrected chi connectivity index (χ3v) is 3.77. The average molecular weight is 139 g/mol. The molecule has 0 spiro atoms. The molecule has 1 nitrogen and oxygen atoms in total. The van der Waals surface area contributed by atoms with E-state index in [1.807, 2.05) is 0 Å². The van der Waals surface area contributed by atoms with Crippen LogP contribution in [0.25, 0.3) is 0 Å². The van der Waals surface area contributed by atoms with Gasteiger partial charge in [0.05, 0.1) is 0 Å². The van der Waals surface area contributed by atoms with Crippen LogP contribution in [0.3, 0.4) is 0 Å². The molecule has 2 fully saturated rings. The van der Waals surface area contributed by atoms with Crippen molar-refractivity contribution in [1.82, 2.24) is 5.32 Å². The van der Waals surface area contributed by atoms with Gasteiger partial charge in [-0.3, -0.25) is 0 Å². The molecule has 0 radical (unpaired) electrons. The second kappa shape index (κ2) is 1.76. The van der Waals surface area contributed by atoms with E-state index in [1.54, 1.807) is 0 Å². The van der Waals surface area contributed by atoms with Gasteiger partial charge in [-0.05, 0) is 37.1 Å². The van der Waals surface area contributed by atoms with Crippen molar-refractivity contribution in [2.45, 2.75) is 32.7 Å². The lowest BCUT2D eigenvalue weighted by Gasteiger charge is -2.15. The number of hydrogen-bond donors (Lipinski definition) is 1. The minimum atomic E-state index is 0.702. The smallest absolute Gasteiger partial charge is 0.00699 e. The molecule has 0 amide bonds. The van der Waals surface area contributed by atoms with Crippen LogP contribution in [0.15, 0.2) is 0 Å². The van der Waals surface area contributed by atoms with E-state index in [2.05, 4.69) is 26.2 Å². The Morgan fingerprint density at radius 1 is 1.20 bits per heavy atom. The maximum absolute atomic E-state index is 3.36. The first-order valence-corrected chi connectivity index (χ1v) is 4.33. The van der Waals surface area contributed by atoms with Crippen molar-refractivity contribution in [3.8, 4) is 0 Å². The standard InChI is InChI=1S/C9H17N/c1-9(2)7-4-6(10-3)5-8(7)9/h6-8,10H,4-5H2,1-3H3. The highest BCUT2D eigenvalue weighted by Crippen LogP contribution is 2.66. The topological polar surface area (TPSA) is 12.0 Å². The molecule has 0 aromatic heterocycles. The number of hydrogen-bond acceptors (Lipinski definition) is 1. The van der Waals surface area contributed by atoms with Gasteiger partial charge in [-0.25, -0.2) is 0 Å². The number of nitrogens with one attached hydrogen (secondary N) is 1. The van der Waals surface area contributed by atoms with Crippen molar-refractivity contribution in [2.75, 3.05) is 7.05 Å². The molecule has 2 atom stereocenters. The highest BCUT2D eigenvalue weighted by molar-refractivity contribution is 5.11. The predicted octanol–water partition coefficient (Wildman–Crippen LogP) is 1.64. The minimum absolute atomic E-state index is 0.702. The van der Waals surface area contributed by atoms with Gasteiger partial charge in [0, 0.05) is 6.04 Å². The van der Waals surface area contributed by atoms with E-state index >= 15 is 0 Å². The van der Waals surface area contributed by atoms with Gasteiger partial charge in [0.1, 0.15) is 0 Å². The van der Waals surface area contributed by atoms with E-state index < -0.39 is 0 Å². The van der Waals surface area contributed by atoms with E-state index in [0.717, 1.165) is 17.9 Å². The molecule has 0 aromatic carbocycles. The fraction of sp³-hybridized carbons (Fsp3) is 1.00. The van der Waals surface area contributed by atoms with Crippen LogP contribution in [-0.2, 0) is 0 Å². The third-order valence-electron chi connectivity index (χ3n) is 3.77. The molecule has 0 saturated heterocycles. The zero-order valence-corrected chi connectivity index (χ0v) is 7.15. The predicted molar refractivity (Wildman–Crippen MR) is 42.8 cm³/mol. The third kappa shape index (κ3) is 0.672. The monoisotopic (exact) mass is 139 g/mol. The lowest BCUT2D eigenvalue weighted by atomic mass is 9.98. The Bertz CT molecular complexity index is 137. The lowest BCUT2D eigenvalue weighted by molar-refractivity contribution is 0.401.